The highest BCUT2D eigenvalue weighted by atomic mass is 32.1. The van der Waals surface area contributed by atoms with Crippen molar-refractivity contribution in [3.63, 3.8) is 0 Å². The molecule has 0 atom stereocenters. The van der Waals surface area contributed by atoms with Gasteiger partial charge in [0.25, 0.3) is 0 Å². The van der Waals surface area contributed by atoms with Crippen LogP contribution >= 0.6 is 11.3 Å². The van der Waals surface area contributed by atoms with Crippen molar-refractivity contribution < 1.29 is 9.47 Å². The molecule has 2 rings (SSSR count). The van der Waals surface area contributed by atoms with Gasteiger partial charge in [0, 0.05) is 19.1 Å². The number of ether oxygens (including phenoxy) is 2. The van der Waals surface area contributed by atoms with E-state index in [1.54, 1.807) is 18.4 Å². The van der Waals surface area contributed by atoms with Crippen molar-refractivity contribution in [2.75, 3.05) is 13.7 Å². The summed E-state index contributed by atoms with van der Waals surface area (Å²) < 4.78 is 11.3. The van der Waals surface area contributed by atoms with E-state index in [9.17, 15) is 0 Å². The molecule has 0 aromatic carbocycles. The molecule has 0 bridgehead atoms. The maximum atomic E-state index is 6.14. The lowest BCUT2D eigenvalue weighted by atomic mass is 9.95. The predicted octanol–water partition coefficient (Wildman–Crippen LogP) is 3.88. The van der Waals surface area contributed by atoms with Crippen LogP contribution in [0.15, 0.2) is 5.38 Å². The molecule has 3 nitrogen and oxygen atoms in total. The van der Waals surface area contributed by atoms with E-state index in [1.165, 1.54) is 25.7 Å². The van der Waals surface area contributed by atoms with E-state index in [4.69, 9.17) is 14.5 Å². The van der Waals surface area contributed by atoms with Gasteiger partial charge in [-0.3, -0.25) is 0 Å². The van der Waals surface area contributed by atoms with Crippen molar-refractivity contribution in [1.82, 2.24) is 4.98 Å². The molecule has 0 unspecified atom stereocenters. The second-order valence-electron chi connectivity index (χ2n) is 4.92. The summed E-state index contributed by atoms with van der Waals surface area (Å²) in [4.78, 5) is 4.72. The van der Waals surface area contributed by atoms with E-state index in [0.717, 1.165) is 30.2 Å². The van der Waals surface area contributed by atoms with Crippen LogP contribution in [0.2, 0.25) is 0 Å². The predicted molar refractivity (Wildman–Crippen MR) is 73.8 cm³/mol. The first-order valence-corrected chi connectivity index (χ1v) is 7.76. The molecular weight excluding hydrogens is 246 g/mol. The van der Waals surface area contributed by atoms with Crippen LogP contribution in [0.25, 0.3) is 0 Å². The summed E-state index contributed by atoms with van der Waals surface area (Å²) >= 11 is 1.73. The van der Waals surface area contributed by atoms with Gasteiger partial charge in [0.15, 0.2) is 0 Å². The quantitative estimate of drug-likeness (QED) is 0.760. The zero-order valence-corrected chi connectivity index (χ0v) is 12.2. The molecular formula is C14H23NO2S. The molecule has 1 aromatic rings. The minimum atomic E-state index is -0.123. The summed E-state index contributed by atoms with van der Waals surface area (Å²) in [6.07, 6.45) is 7.37. The third-order valence-electron chi connectivity index (χ3n) is 3.57. The Hall–Kier alpha value is -0.450. The van der Waals surface area contributed by atoms with Gasteiger partial charge in [0.05, 0.1) is 12.3 Å². The minimum Gasteiger partial charge on any atom is -0.378 e. The van der Waals surface area contributed by atoms with Gasteiger partial charge in [-0.15, -0.1) is 11.3 Å². The van der Waals surface area contributed by atoms with Crippen molar-refractivity contribution in [2.45, 2.75) is 57.7 Å². The summed E-state index contributed by atoms with van der Waals surface area (Å²) in [6, 6.07) is 0. The summed E-state index contributed by atoms with van der Waals surface area (Å²) in [7, 11) is 1.71. The second kappa shape index (κ2) is 6.64. The monoisotopic (exact) mass is 269 g/mol. The molecule has 1 heterocycles. The third kappa shape index (κ3) is 3.11. The van der Waals surface area contributed by atoms with Gasteiger partial charge in [-0.2, -0.15) is 0 Å². The van der Waals surface area contributed by atoms with Crippen molar-refractivity contribution in [1.29, 1.82) is 0 Å². The maximum Gasteiger partial charge on any atom is 0.125 e. The SMILES string of the molecule is CCOC1(c2nc(COC)cs2)CCCCCC1. The van der Waals surface area contributed by atoms with E-state index in [-0.39, 0.29) is 5.60 Å². The number of thiazole rings is 1. The largest absolute Gasteiger partial charge is 0.378 e. The van der Waals surface area contributed by atoms with Crippen LogP contribution in [-0.4, -0.2) is 18.7 Å². The molecule has 1 aliphatic rings. The lowest BCUT2D eigenvalue weighted by Gasteiger charge is -2.30. The zero-order chi connectivity index (χ0) is 12.8. The zero-order valence-electron chi connectivity index (χ0n) is 11.4. The fourth-order valence-corrected chi connectivity index (χ4v) is 3.74. The molecule has 0 saturated heterocycles. The van der Waals surface area contributed by atoms with Crippen LogP contribution in [0, 0.1) is 0 Å². The van der Waals surface area contributed by atoms with Gasteiger partial charge >= 0.3 is 0 Å². The molecule has 0 radical (unpaired) electrons. The highest BCUT2D eigenvalue weighted by molar-refractivity contribution is 7.09. The molecule has 1 aromatic heterocycles. The molecule has 1 aliphatic carbocycles. The second-order valence-corrected chi connectivity index (χ2v) is 5.78. The molecule has 0 spiro atoms. The Morgan fingerprint density at radius 3 is 2.61 bits per heavy atom. The van der Waals surface area contributed by atoms with Crippen LogP contribution < -0.4 is 0 Å². The Morgan fingerprint density at radius 2 is 2.00 bits per heavy atom. The third-order valence-corrected chi connectivity index (χ3v) is 4.64. The average Bonchev–Trinajstić information content (AvgIpc) is 2.70. The first kappa shape index (κ1) is 14.0. The van der Waals surface area contributed by atoms with Crippen LogP contribution in [0.5, 0.6) is 0 Å². The van der Waals surface area contributed by atoms with Crippen molar-refractivity contribution in [3.05, 3.63) is 16.1 Å². The molecule has 18 heavy (non-hydrogen) atoms. The summed E-state index contributed by atoms with van der Waals surface area (Å²) in [5.41, 5.74) is 0.905. The molecule has 0 amide bonds. The Kier molecular flexibility index (Phi) is 5.15. The maximum absolute atomic E-state index is 6.14. The molecule has 1 fully saturated rings. The summed E-state index contributed by atoms with van der Waals surface area (Å²) in [5.74, 6) is 0. The first-order chi connectivity index (χ1) is 8.80. The van der Waals surface area contributed by atoms with E-state index >= 15 is 0 Å². The number of nitrogens with zero attached hydrogens (tertiary/aromatic N) is 1. The van der Waals surface area contributed by atoms with Gasteiger partial charge in [-0.05, 0) is 19.8 Å². The minimum absolute atomic E-state index is 0.123. The van der Waals surface area contributed by atoms with E-state index < -0.39 is 0 Å². The van der Waals surface area contributed by atoms with Crippen molar-refractivity contribution in [3.8, 4) is 0 Å². The number of hydrogen-bond donors (Lipinski definition) is 0. The van der Waals surface area contributed by atoms with Gasteiger partial charge in [-0.25, -0.2) is 4.98 Å². The van der Waals surface area contributed by atoms with E-state index in [2.05, 4.69) is 12.3 Å². The molecule has 0 N–H and O–H groups in total. The Balaban J connectivity index is 2.20. The number of aromatic nitrogens is 1. The Morgan fingerprint density at radius 1 is 1.28 bits per heavy atom. The van der Waals surface area contributed by atoms with Gasteiger partial charge < -0.3 is 9.47 Å². The smallest absolute Gasteiger partial charge is 0.125 e. The van der Waals surface area contributed by atoms with Crippen molar-refractivity contribution >= 4 is 11.3 Å². The van der Waals surface area contributed by atoms with Crippen LogP contribution in [-0.2, 0) is 21.7 Å². The van der Waals surface area contributed by atoms with Gasteiger partial charge in [-0.1, -0.05) is 25.7 Å². The van der Waals surface area contributed by atoms with E-state index in [0.29, 0.717) is 6.61 Å². The Bertz CT molecular complexity index is 356. The molecule has 0 aliphatic heterocycles. The van der Waals surface area contributed by atoms with Crippen molar-refractivity contribution in [2.24, 2.45) is 0 Å². The molecule has 4 heteroatoms. The number of rotatable bonds is 5. The fraction of sp³-hybridized carbons (Fsp3) is 0.786. The lowest BCUT2D eigenvalue weighted by molar-refractivity contribution is -0.0561. The van der Waals surface area contributed by atoms with Gasteiger partial charge in [0.2, 0.25) is 0 Å². The summed E-state index contributed by atoms with van der Waals surface area (Å²) in [6.45, 7) is 3.44. The highest BCUT2D eigenvalue weighted by Gasteiger charge is 2.36. The normalized spacial score (nSPS) is 19.7. The first-order valence-electron chi connectivity index (χ1n) is 6.88. The van der Waals surface area contributed by atoms with Crippen LogP contribution in [0.1, 0.15) is 56.2 Å². The number of hydrogen-bond acceptors (Lipinski definition) is 4. The highest BCUT2D eigenvalue weighted by Crippen LogP contribution is 2.40. The molecule has 1 saturated carbocycles. The average molecular weight is 269 g/mol. The van der Waals surface area contributed by atoms with Gasteiger partial charge in [0.1, 0.15) is 10.6 Å². The van der Waals surface area contributed by atoms with Crippen LogP contribution in [0.3, 0.4) is 0 Å². The fourth-order valence-electron chi connectivity index (χ4n) is 2.73. The topological polar surface area (TPSA) is 31.4 Å². The standard InChI is InChI=1S/C14H23NO2S/c1-3-17-14(8-6-4-5-7-9-14)13-15-12(10-16-2)11-18-13/h11H,3-10H2,1-2H3. The lowest BCUT2D eigenvalue weighted by Crippen LogP contribution is -2.29. The number of methoxy groups -OCH3 is 1. The van der Waals surface area contributed by atoms with Crippen LogP contribution in [0.4, 0.5) is 0 Å². The summed E-state index contributed by atoms with van der Waals surface area (Å²) in [5, 5.41) is 3.25. The molecule has 102 valence electrons. The van der Waals surface area contributed by atoms with E-state index in [1.807, 2.05) is 0 Å². The Labute approximate surface area is 114 Å².